The standard InChI is InChI=1S/C20H23BrN2O3S/c1-13-4-3-5-15(10-13)27(25,26)23-9-8-16-19(12-24)22(2)18-7-6-14(21)11-17(18)20(16)23/h3-7,10-11,16,19-20,24H,8-9,12H2,1-2H3/t16-,19+,20-/m0/s1. The Morgan fingerprint density at radius 3 is 2.70 bits per heavy atom. The van der Waals surface area contributed by atoms with Crippen LogP contribution in [0.2, 0.25) is 0 Å². The molecule has 0 radical (unpaired) electrons. The van der Waals surface area contributed by atoms with Crippen molar-refractivity contribution in [3.05, 3.63) is 58.1 Å². The Kier molecular flexibility index (Phi) is 4.83. The Morgan fingerprint density at radius 2 is 2.00 bits per heavy atom. The molecule has 1 saturated heterocycles. The summed E-state index contributed by atoms with van der Waals surface area (Å²) in [4.78, 5) is 2.42. The lowest BCUT2D eigenvalue weighted by Gasteiger charge is -2.44. The summed E-state index contributed by atoms with van der Waals surface area (Å²) in [7, 11) is -1.64. The summed E-state index contributed by atoms with van der Waals surface area (Å²) in [6.07, 6.45) is 0.733. The monoisotopic (exact) mass is 450 g/mol. The van der Waals surface area contributed by atoms with Crippen LogP contribution in [0.3, 0.4) is 0 Å². The number of halogens is 1. The fourth-order valence-electron chi connectivity index (χ4n) is 4.56. The third-order valence-corrected chi connectivity index (χ3v) is 8.23. The fourth-order valence-corrected chi connectivity index (χ4v) is 6.71. The molecule has 2 aliphatic rings. The lowest BCUT2D eigenvalue weighted by molar-refractivity contribution is 0.193. The number of benzene rings is 2. The number of aliphatic hydroxyl groups is 1. The van der Waals surface area contributed by atoms with E-state index in [2.05, 4.69) is 20.8 Å². The van der Waals surface area contributed by atoms with E-state index in [0.717, 1.165) is 27.7 Å². The molecule has 2 heterocycles. The molecule has 2 aromatic carbocycles. The summed E-state index contributed by atoms with van der Waals surface area (Å²) >= 11 is 3.53. The predicted octanol–water partition coefficient (Wildman–Crippen LogP) is 3.32. The van der Waals surface area contributed by atoms with Gasteiger partial charge >= 0.3 is 0 Å². The van der Waals surface area contributed by atoms with Crippen LogP contribution in [-0.2, 0) is 10.0 Å². The third-order valence-electron chi connectivity index (χ3n) is 5.86. The van der Waals surface area contributed by atoms with Crippen LogP contribution in [0, 0.1) is 12.8 Å². The number of hydrogen-bond acceptors (Lipinski definition) is 4. The van der Waals surface area contributed by atoms with Gasteiger partial charge in [0.1, 0.15) is 0 Å². The molecule has 0 aliphatic carbocycles. The molecule has 4 rings (SSSR count). The predicted molar refractivity (Wildman–Crippen MR) is 109 cm³/mol. The van der Waals surface area contributed by atoms with Crippen molar-refractivity contribution in [2.75, 3.05) is 25.1 Å². The summed E-state index contributed by atoms with van der Waals surface area (Å²) in [6.45, 7) is 2.36. The molecule has 0 spiro atoms. The maximum absolute atomic E-state index is 13.5. The van der Waals surface area contributed by atoms with Gasteiger partial charge in [0.15, 0.2) is 0 Å². The van der Waals surface area contributed by atoms with Crippen molar-refractivity contribution in [1.82, 2.24) is 4.31 Å². The molecule has 5 nitrogen and oxygen atoms in total. The smallest absolute Gasteiger partial charge is 0.243 e. The first kappa shape index (κ1) is 18.9. The highest BCUT2D eigenvalue weighted by Gasteiger charge is 2.50. The van der Waals surface area contributed by atoms with Crippen molar-refractivity contribution in [3.63, 3.8) is 0 Å². The number of aryl methyl sites for hydroxylation is 1. The first-order valence-corrected chi connectivity index (χ1v) is 11.3. The zero-order valence-electron chi connectivity index (χ0n) is 15.3. The Bertz CT molecular complexity index is 979. The van der Waals surface area contributed by atoms with Crippen molar-refractivity contribution in [3.8, 4) is 0 Å². The number of nitrogens with zero attached hydrogens (tertiary/aromatic N) is 2. The Morgan fingerprint density at radius 1 is 1.22 bits per heavy atom. The van der Waals surface area contributed by atoms with E-state index in [9.17, 15) is 13.5 Å². The summed E-state index contributed by atoms with van der Waals surface area (Å²) in [6, 6.07) is 12.7. The van der Waals surface area contributed by atoms with Crippen LogP contribution in [0.15, 0.2) is 51.8 Å². The van der Waals surface area contributed by atoms with Crippen molar-refractivity contribution in [2.45, 2.75) is 30.3 Å². The summed E-state index contributed by atoms with van der Waals surface area (Å²) in [5.41, 5.74) is 2.90. The van der Waals surface area contributed by atoms with Gasteiger partial charge in [-0.2, -0.15) is 4.31 Å². The molecule has 0 amide bonds. The third kappa shape index (κ3) is 3.01. The van der Waals surface area contributed by atoms with E-state index in [1.807, 2.05) is 38.2 Å². The van der Waals surface area contributed by atoms with E-state index in [1.54, 1.807) is 22.5 Å². The summed E-state index contributed by atoms with van der Waals surface area (Å²) < 4.78 is 29.5. The molecule has 1 N–H and O–H groups in total. The molecular formula is C20H23BrN2O3S. The molecule has 2 aromatic rings. The van der Waals surface area contributed by atoms with Gasteiger partial charge in [-0.1, -0.05) is 28.1 Å². The molecule has 144 valence electrons. The first-order chi connectivity index (χ1) is 12.8. The Hall–Kier alpha value is -1.41. The molecule has 0 bridgehead atoms. The van der Waals surface area contributed by atoms with E-state index < -0.39 is 10.0 Å². The van der Waals surface area contributed by atoms with Crippen LogP contribution < -0.4 is 4.90 Å². The summed E-state index contributed by atoms with van der Waals surface area (Å²) in [5, 5.41) is 10.0. The lowest BCUT2D eigenvalue weighted by atomic mass is 9.82. The van der Waals surface area contributed by atoms with Gasteiger partial charge < -0.3 is 10.0 Å². The molecule has 7 heteroatoms. The van der Waals surface area contributed by atoms with Crippen molar-refractivity contribution >= 4 is 31.6 Å². The number of anilines is 1. The quantitative estimate of drug-likeness (QED) is 0.778. The van der Waals surface area contributed by atoms with E-state index in [0.29, 0.717) is 11.4 Å². The lowest BCUT2D eigenvalue weighted by Crippen LogP contribution is -2.48. The van der Waals surface area contributed by atoms with Crippen LogP contribution in [0.25, 0.3) is 0 Å². The molecule has 3 atom stereocenters. The van der Waals surface area contributed by atoms with Gasteiger partial charge in [0.2, 0.25) is 10.0 Å². The van der Waals surface area contributed by atoms with Gasteiger partial charge in [-0.3, -0.25) is 0 Å². The van der Waals surface area contributed by atoms with Crippen molar-refractivity contribution < 1.29 is 13.5 Å². The Balaban J connectivity index is 1.85. The maximum Gasteiger partial charge on any atom is 0.243 e. The molecule has 1 fully saturated rings. The second-order valence-electron chi connectivity index (χ2n) is 7.39. The highest BCUT2D eigenvalue weighted by molar-refractivity contribution is 9.10. The first-order valence-electron chi connectivity index (χ1n) is 9.06. The van der Waals surface area contributed by atoms with Crippen molar-refractivity contribution in [1.29, 1.82) is 0 Å². The number of fused-ring (bicyclic) bond motifs is 3. The fraction of sp³-hybridized carbons (Fsp3) is 0.400. The minimum absolute atomic E-state index is 0.00546. The number of likely N-dealkylation sites (N-methyl/N-ethyl adjacent to an activating group) is 1. The zero-order chi connectivity index (χ0) is 19.3. The average molecular weight is 451 g/mol. The molecule has 2 aliphatic heterocycles. The van der Waals surface area contributed by atoms with Crippen LogP contribution in [0.5, 0.6) is 0 Å². The van der Waals surface area contributed by atoms with Crippen LogP contribution in [-0.4, -0.2) is 44.1 Å². The average Bonchev–Trinajstić information content (AvgIpc) is 3.08. The molecular weight excluding hydrogens is 428 g/mol. The highest BCUT2D eigenvalue weighted by Crippen LogP contribution is 2.50. The maximum atomic E-state index is 13.5. The SMILES string of the molecule is Cc1cccc(S(=O)(=O)N2CC[C@H]3[C@@H](CO)N(C)c4ccc(Br)cc4[C@H]32)c1. The van der Waals surface area contributed by atoms with Gasteiger partial charge in [-0.05, 0) is 54.8 Å². The molecule has 0 aromatic heterocycles. The molecule has 0 unspecified atom stereocenters. The molecule has 27 heavy (non-hydrogen) atoms. The summed E-state index contributed by atoms with van der Waals surface area (Å²) in [5.74, 6) is 0.0568. The van der Waals surface area contributed by atoms with Gasteiger partial charge in [0.05, 0.1) is 23.6 Å². The largest absolute Gasteiger partial charge is 0.394 e. The molecule has 0 saturated carbocycles. The van der Waals surface area contributed by atoms with Crippen LogP contribution in [0.1, 0.15) is 23.6 Å². The van der Waals surface area contributed by atoms with Gasteiger partial charge in [-0.25, -0.2) is 8.42 Å². The Labute approximate surface area is 168 Å². The topological polar surface area (TPSA) is 60.9 Å². The van der Waals surface area contributed by atoms with Crippen LogP contribution >= 0.6 is 15.9 Å². The normalized spacial score (nSPS) is 25.3. The second-order valence-corrected chi connectivity index (χ2v) is 10.2. The number of hydrogen-bond donors (Lipinski definition) is 1. The van der Waals surface area contributed by atoms with Gasteiger partial charge in [0.25, 0.3) is 0 Å². The number of sulfonamides is 1. The van der Waals surface area contributed by atoms with E-state index in [-0.39, 0.29) is 24.6 Å². The van der Waals surface area contributed by atoms with E-state index >= 15 is 0 Å². The minimum atomic E-state index is -3.62. The van der Waals surface area contributed by atoms with Gasteiger partial charge in [-0.15, -0.1) is 0 Å². The highest BCUT2D eigenvalue weighted by atomic mass is 79.9. The van der Waals surface area contributed by atoms with Gasteiger partial charge in [0, 0.05) is 29.7 Å². The minimum Gasteiger partial charge on any atom is -0.394 e. The number of rotatable bonds is 3. The van der Waals surface area contributed by atoms with E-state index in [4.69, 9.17) is 0 Å². The zero-order valence-corrected chi connectivity index (χ0v) is 17.7. The van der Waals surface area contributed by atoms with Crippen LogP contribution in [0.4, 0.5) is 5.69 Å². The number of aliphatic hydroxyl groups excluding tert-OH is 1. The van der Waals surface area contributed by atoms with E-state index in [1.165, 1.54) is 0 Å². The second kappa shape index (κ2) is 6.88. The van der Waals surface area contributed by atoms with Crippen molar-refractivity contribution in [2.24, 2.45) is 5.92 Å².